The lowest BCUT2D eigenvalue weighted by molar-refractivity contribution is 0.129. The monoisotopic (exact) mass is 320 g/mol. The summed E-state index contributed by atoms with van der Waals surface area (Å²) < 4.78 is 6.33. The van der Waals surface area contributed by atoms with Crippen molar-refractivity contribution in [1.29, 1.82) is 0 Å². The Morgan fingerprint density at radius 1 is 1.37 bits per heavy atom. The minimum atomic E-state index is 0.447. The molecule has 0 aliphatic carbocycles. The third-order valence-electron chi connectivity index (χ3n) is 2.91. The Morgan fingerprint density at radius 2 is 2.21 bits per heavy atom. The van der Waals surface area contributed by atoms with Crippen LogP contribution in [-0.4, -0.2) is 21.6 Å². The van der Waals surface area contributed by atoms with Crippen molar-refractivity contribution in [2.45, 2.75) is 13.5 Å². The van der Waals surface area contributed by atoms with Gasteiger partial charge >= 0.3 is 0 Å². The summed E-state index contributed by atoms with van der Waals surface area (Å²) in [4.78, 5) is 12.1. The van der Waals surface area contributed by atoms with Gasteiger partial charge in [-0.1, -0.05) is 15.9 Å². The van der Waals surface area contributed by atoms with Gasteiger partial charge in [-0.05, 0) is 25.1 Å². The lowest BCUT2D eigenvalue weighted by atomic mass is 10.2. The highest BCUT2D eigenvalue weighted by molar-refractivity contribution is 9.10. The van der Waals surface area contributed by atoms with Gasteiger partial charge in [0.05, 0.1) is 5.52 Å². The maximum atomic E-state index is 5.98. The third-order valence-corrected chi connectivity index (χ3v) is 3.40. The predicted octanol–water partition coefficient (Wildman–Crippen LogP) is 2.99. The number of imidazole rings is 1. The average Bonchev–Trinajstić information content (AvgIpc) is 2.81. The summed E-state index contributed by atoms with van der Waals surface area (Å²) in [6, 6.07) is 5.89. The van der Waals surface area contributed by atoms with Gasteiger partial charge in [0.1, 0.15) is 29.3 Å². The number of H-pyrrole nitrogens is 1. The molecule has 0 atom stereocenters. The van der Waals surface area contributed by atoms with E-state index in [1.54, 1.807) is 0 Å². The molecule has 98 valence electrons. The van der Waals surface area contributed by atoms with Gasteiger partial charge in [-0.3, -0.25) is 0 Å². The predicted molar refractivity (Wildman–Crippen MR) is 78.8 cm³/mol. The van der Waals surface area contributed by atoms with E-state index in [2.05, 4.69) is 30.9 Å². The molecule has 0 saturated heterocycles. The molecule has 0 fully saturated rings. The van der Waals surface area contributed by atoms with E-state index in [1.165, 1.54) is 0 Å². The molecular weight excluding hydrogens is 308 g/mol. The normalized spacial score (nSPS) is 11.5. The van der Waals surface area contributed by atoms with Gasteiger partial charge in [0.15, 0.2) is 0 Å². The van der Waals surface area contributed by atoms with E-state index in [0.717, 1.165) is 32.2 Å². The second-order valence-electron chi connectivity index (χ2n) is 4.20. The molecule has 0 aliphatic rings. The first-order valence-corrected chi connectivity index (χ1v) is 6.79. The van der Waals surface area contributed by atoms with Crippen LogP contribution in [0.25, 0.3) is 21.9 Å². The minimum absolute atomic E-state index is 0.447. The first kappa shape index (κ1) is 12.4. The van der Waals surface area contributed by atoms with Crippen LogP contribution in [0, 0.1) is 0 Å². The molecule has 2 aromatic heterocycles. The fourth-order valence-corrected chi connectivity index (χ4v) is 2.40. The summed E-state index contributed by atoms with van der Waals surface area (Å²) in [7, 11) is 0. The van der Waals surface area contributed by atoms with E-state index in [0.29, 0.717) is 19.0 Å². The molecule has 0 spiro atoms. The van der Waals surface area contributed by atoms with Crippen molar-refractivity contribution in [2.24, 2.45) is 0 Å². The fourth-order valence-electron chi connectivity index (χ4n) is 2.05. The number of benzene rings is 1. The molecule has 3 aromatic rings. The number of nitrogen functional groups attached to an aromatic ring is 1. The van der Waals surface area contributed by atoms with Gasteiger partial charge in [-0.25, -0.2) is 9.97 Å². The topological polar surface area (TPSA) is 76.8 Å². The number of hydrogen-bond acceptors (Lipinski definition) is 4. The summed E-state index contributed by atoms with van der Waals surface area (Å²) in [6.07, 6.45) is 0. The molecule has 5 nitrogen and oxygen atoms in total. The van der Waals surface area contributed by atoms with Crippen LogP contribution >= 0.6 is 15.9 Å². The largest absolute Gasteiger partial charge is 0.382 e. The van der Waals surface area contributed by atoms with Gasteiger partial charge in [0.2, 0.25) is 0 Å². The van der Waals surface area contributed by atoms with Crippen molar-refractivity contribution in [3.63, 3.8) is 0 Å². The Labute approximate surface area is 118 Å². The number of nitrogens with one attached hydrogen (secondary N) is 1. The highest BCUT2D eigenvalue weighted by Crippen LogP contribution is 2.28. The molecule has 0 bridgehead atoms. The van der Waals surface area contributed by atoms with Crippen LogP contribution in [0.4, 0.5) is 5.82 Å². The Balaban J connectivity index is 2.24. The van der Waals surface area contributed by atoms with Crippen molar-refractivity contribution < 1.29 is 4.74 Å². The molecule has 1 aromatic carbocycles. The molecule has 0 saturated carbocycles. The zero-order valence-electron chi connectivity index (χ0n) is 10.4. The molecular formula is C13H13BrN4O. The number of halogens is 1. The van der Waals surface area contributed by atoms with Crippen molar-refractivity contribution in [3.8, 4) is 0 Å². The van der Waals surface area contributed by atoms with E-state index < -0.39 is 0 Å². The van der Waals surface area contributed by atoms with Gasteiger partial charge < -0.3 is 15.5 Å². The Hall–Kier alpha value is -1.66. The smallest absolute Gasteiger partial charge is 0.150 e. The molecule has 6 heteroatoms. The van der Waals surface area contributed by atoms with Crippen molar-refractivity contribution in [2.75, 3.05) is 12.3 Å². The molecule has 2 heterocycles. The molecule has 19 heavy (non-hydrogen) atoms. The number of nitrogens with two attached hydrogens (primary N) is 1. The van der Waals surface area contributed by atoms with Crippen LogP contribution in [-0.2, 0) is 11.3 Å². The van der Waals surface area contributed by atoms with Crippen molar-refractivity contribution in [3.05, 3.63) is 28.5 Å². The van der Waals surface area contributed by atoms with Crippen LogP contribution in [0.2, 0.25) is 0 Å². The van der Waals surface area contributed by atoms with E-state index in [1.807, 2.05) is 25.1 Å². The zero-order valence-corrected chi connectivity index (χ0v) is 12.0. The summed E-state index contributed by atoms with van der Waals surface area (Å²) in [5.74, 6) is 1.22. The highest BCUT2D eigenvalue weighted by Gasteiger charge is 2.11. The Morgan fingerprint density at radius 3 is 3.00 bits per heavy atom. The molecule has 0 amide bonds. The van der Waals surface area contributed by atoms with Crippen LogP contribution in [0.15, 0.2) is 22.7 Å². The number of anilines is 1. The number of pyridine rings is 1. The van der Waals surface area contributed by atoms with E-state index in [9.17, 15) is 0 Å². The molecule has 0 unspecified atom stereocenters. The molecule has 3 rings (SSSR count). The number of hydrogen-bond donors (Lipinski definition) is 2. The average molecular weight is 321 g/mol. The number of fused-ring (bicyclic) bond motifs is 3. The fraction of sp³-hybridized carbons (Fsp3) is 0.231. The second kappa shape index (κ2) is 4.79. The molecule has 0 radical (unpaired) electrons. The maximum Gasteiger partial charge on any atom is 0.150 e. The molecule has 0 aliphatic heterocycles. The zero-order chi connectivity index (χ0) is 13.4. The number of aromatic amines is 1. The second-order valence-corrected chi connectivity index (χ2v) is 5.12. The van der Waals surface area contributed by atoms with Gasteiger partial charge in [0.25, 0.3) is 0 Å². The summed E-state index contributed by atoms with van der Waals surface area (Å²) in [5, 5.41) is 0.978. The van der Waals surface area contributed by atoms with Crippen LogP contribution in [0.3, 0.4) is 0 Å². The summed E-state index contributed by atoms with van der Waals surface area (Å²) in [6.45, 7) is 3.05. The number of rotatable bonds is 3. The van der Waals surface area contributed by atoms with Gasteiger partial charge in [-0.2, -0.15) is 0 Å². The lowest BCUT2D eigenvalue weighted by Crippen LogP contribution is -1.94. The number of aromatic nitrogens is 3. The minimum Gasteiger partial charge on any atom is -0.382 e. The van der Waals surface area contributed by atoms with Crippen LogP contribution in [0.1, 0.15) is 12.7 Å². The van der Waals surface area contributed by atoms with Crippen LogP contribution < -0.4 is 5.73 Å². The standard InChI is InChI=1S/C13H13BrN4O/c1-2-19-6-10-17-11-8-4-3-7(14)5-9(8)16-13(15)12(11)18-10/h3-5H,2,6H2,1H3,(H2,15,16)(H,17,18). The van der Waals surface area contributed by atoms with E-state index in [4.69, 9.17) is 10.5 Å². The summed E-state index contributed by atoms with van der Waals surface area (Å²) >= 11 is 3.43. The number of nitrogens with zero attached hydrogens (tertiary/aromatic N) is 2. The lowest BCUT2D eigenvalue weighted by Gasteiger charge is -2.01. The first-order valence-electron chi connectivity index (χ1n) is 6.00. The van der Waals surface area contributed by atoms with E-state index in [-0.39, 0.29) is 0 Å². The van der Waals surface area contributed by atoms with Crippen molar-refractivity contribution in [1.82, 2.24) is 15.0 Å². The van der Waals surface area contributed by atoms with Gasteiger partial charge in [0, 0.05) is 16.5 Å². The first-order chi connectivity index (χ1) is 9.19. The van der Waals surface area contributed by atoms with E-state index >= 15 is 0 Å². The van der Waals surface area contributed by atoms with Crippen LogP contribution in [0.5, 0.6) is 0 Å². The highest BCUT2D eigenvalue weighted by atomic mass is 79.9. The van der Waals surface area contributed by atoms with Crippen molar-refractivity contribution >= 4 is 43.7 Å². The summed E-state index contributed by atoms with van der Waals surface area (Å²) in [5.41, 5.74) is 8.41. The Bertz CT molecular complexity index is 753. The molecule has 3 N–H and O–H groups in total. The third kappa shape index (κ3) is 2.17. The maximum absolute atomic E-state index is 5.98. The quantitative estimate of drug-likeness (QED) is 0.777. The number of ether oxygens (including phenoxy) is 1. The SMILES string of the molecule is CCOCc1nc2c([nH]1)c(N)nc1cc(Br)ccc12. The van der Waals surface area contributed by atoms with Gasteiger partial charge in [-0.15, -0.1) is 0 Å². The Kier molecular flexibility index (Phi) is 3.12.